The summed E-state index contributed by atoms with van der Waals surface area (Å²) in [6.07, 6.45) is -1.91. The zero-order valence-electron chi connectivity index (χ0n) is 13.0. The summed E-state index contributed by atoms with van der Waals surface area (Å²) in [5.74, 6) is -0.195. The van der Waals surface area contributed by atoms with E-state index in [0.717, 1.165) is 30.8 Å². The molecule has 0 unspecified atom stereocenters. The van der Waals surface area contributed by atoms with E-state index in [1.165, 1.54) is 17.8 Å². The fraction of sp³-hybridized carbons (Fsp3) is 0.438. The van der Waals surface area contributed by atoms with Crippen LogP contribution < -0.4 is 4.74 Å². The third-order valence-corrected chi connectivity index (χ3v) is 4.28. The van der Waals surface area contributed by atoms with E-state index in [-0.39, 0.29) is 11.8 Å². The Bertz CT molecular complexity index is 679. The van der Waals surface area contributed by atoms with Gasteiger partial charge in [0.15, 0.2) is 0 Å². The van der Waals surface area contributed by atoms with Crippen LogP contribution in [0.3, 0.4) is 0 Å². The van der Waals surface area contributed by atoms with Crippen molar-refractivity contribution in [2.45, 2.75) is 32.3 Å². The molecule has 4 nitrogen and oxygen atoms in total. The zero-order chi connectivity index (χ0) is 16.6. The molecule has 2 aromatic rings. The molecule has 2 heterocycles. The van der Waals surface area contributed by atoms with Crippen molar-refractivity contribution in [2.75, 3.05) is 6.54 Å². The van der Waals surface area contributed by atoms with Crippen molar-refractivity contribution in [1.82, 2.24) is 14.5 Å². The molecule has 0 aliphatic carbocycles. The molecule has 3 rings (SSSR count). The Labute approximate surface area is 132 Å². The SMILES string of the molecule is C[C@@H](c1ccc(OC(F)(F)F)cc1)N1CCc2c(ncn2C)C1. The molecule has 1 atom stereocenters. The van der Waals surface area contributed by atoms with Crippen molar-refractivity contribution < 1.29 is 17.9 Å². The molecule has 0 fully saturated rings. The van der Waals surface area contributed by atoms with E-state index >= 15 is 0 Å². The van der Waals surface area contributed by atoms with Crippen LogP contribution in [0.25, 0.3) is 0 Å². The largest absolute Gasteiger partial charge is 0.573 e. The number of aryl methyl sites for hydroxylation is 1. The van der Waals surface area contributed by atoms with Crippen LogP contribution in [-0.2, 0) is 20.0 Å². The maximum Gasteiger partial charge on any atom is 0.573 e. The number of halogens is 3. The molecular weight excluding hydrogens is 307 g/mol. The summed E-state index contributed by atoms with van der Waals surface area (Å²) in [6.45, 7) is 3.69. The van der Waals surface area contributed by atoms with E-state index in [1.807, 2.05) is 24.9 Å². The number of ether oxygens (including phenoxy) is 1. The van der Waals surface area contributed by atoms with E-state index in [1.54, 1.807) is 12.1 Å². The van der Waals surface area contributed by atoms with Crippen LogP contribution in [0.4, 0.5) is 13.2 Å². The third kappa shape index (κ3) is 3.50. The second kappa shape index (κ2) is 5.88. The van der Waals surface area contributed by atoms with Crippen LogP contribution in [0.2, 0.25) is 0 Å². The molecule has 1 aromatic heterocycles. The fourth-order valence-corrected chi connectivity index (χ4v) is 2.97. The van der Waals surface area contributed by atoms with Crippen LogP contribution in [0.1, 0.15) is 29.9 Å². The predicted octanol–water partition coefficient (Wildman–Crippen LogP) is 3.44. The number of rotatable bonds is 3. The van der Waals surface area contributed by atoms with Gasteiger partial charge in [0, 0.05) is 38.3 Å². The molecular formula is C16H18F3N3O. The first-order valence-corrected chi connectivity index (χ1v) is 7.42. The summed E-state index contributed by atoms with van der Waals surface area (Å²) in [7, 11) is 1.99. The highest BCUT2D eigenvalue weighted by molar-refractivity contribution is 5.29. The maximum atomic E-state index is 12.2. The standard InChI is InChI=1S/C16H18F3N3O/c1-11(12-3-5-13(6-4-12)23-16(17,18)19)22-8-7-15-14(9-22)20-10-21(15)2/h3-6,10-11H,7-9H2,1-2H3/t11-/m0/s1. The van der Waals surface area contributed by atoms with Crippen LogP contribution in [0.15, 0.2) is 30.6 Å². The Kier molecular flexibility index (Phi) is 4.06. The normalized spacial score (nSPS) is 16.9. The molecule has 0 bridgehead atoms. The Hall–Kier alpha value is -2.02. The van der Waals surface area contributed by atoms with E-state index < -0.39 is 6.36 Å². The molecule has 1 aliphatic rings. The smallest absolute Gasteiger partial charge is 0.406 e. The van der Waals surface area contributed by atoms with Gasteiger partial charge in [-0.25, -0.2) is 4.98 Å². The van der Waals surface area contributed by atoms with Crippen molar-refractivity contribution in [3.05, 3.63) is 47.5 Å². The molecule has 1 aromatic carbocycles. The van der Waals surface area contributed by atoms with E-state index in [2.05, 4.69) is 14.6 Å². The third-order valence-electron chi connectivity index (χ3n) is 4.28. The molecule has 0 amide bonds. The first kappa shape index (κ1) is 15.9. The van der Waals surface area contributed by atoms with Crippen LogP contribution in [-0.4, -0.2) is 27.4 Å². The van der Waals surface area contributed by atoms with Crippen molar-refractivity contribution in [1.29, 1.82) is 0 Å². The number of hydrogen-bond donors (Lipinski definition) is 0. The molecule has 124 valence electrons. The number of imidazole rings is 1. The van der Waals surface area contributed by atoms with Crippen molar-refractivity contribution in [2.24, 2.45) is 7.05 Å². The molecule has 0 radical (unpaired) electrons. The molecule has 0 spiro atoms. The lowest BCUT2D eigenvalue weighted by Gasteiger charge is -2.32. The summed E-state index contributed by atoms with van der Waals surface area (Å²) in [5, 5.41) is 0. The maximum absolute atomic E-state index is 12.2. The molecule has 0 saturated heterocycles. The second-order valence-electron chi connectivity index (χ2n) is 5.76. The minimum Gasteiger partial charge on any atom is -0.406 e. The van der Waals surface area contributed by atoms with Gasteiger partial charge < -0.3 is 9.30 Å². The average Bonchev–Trinajstić information content (AvgIpc) is 2.87. The van der Waals surface area contributed by atoms with Gasteiger partial charge in [-0.05, 0) is 24.6 Å². The Morgan fingerprint density at radius 1 is 1.22 bits per heavy atom. The lowest BCUT2D eigenvalue weighted by atomic mass is 10.0. The van der Waals surface area contributed by atoms with Gasteiger partial charge in [-0.1, -0.05) is 12.1 Å². The van der Waals surface area contributed by atoms with Gasteiger partial charge in [-0.3, -0.25) is 4.90 Å². The number of benzene rings is 1. The van der Waals surface area contributed by atoms with Crippen molar-refractivity contribution in [3.8, 4) is 5.75 Å². The lowest BCUT2D eigenvalue weighted by molar-refractivity contribution is -0.274. The predicted molar refractivity (Wildman–Crippen MR) is 78.9 cm³/mol. The Morgan fingerprint density at radius 2 is 1.91 bits per heavy atom. The molecule has 7 heteroatoms. The highest BCUT2D eigenvalue weighted by Crippen LogP contribution is 2.29. The van der Waals surface area contributed by atoms with Gasteiger partial charge >= 0.3 is 6.36 Å². The van der Waals surface area contributed by atoms with Crippen molar-refractivity contribution in [3.63, 3.8) is 0 Å². The monoisotopic (exact) mass is 325 g/mol. The van der Waals surface area contributed by atoms with E-state index in [4.69, 9.17) is 0 Å². The number of fused-ring (bicyclic) bond motifs is 1. The number of aromatic nitrogens is 2. The summed E-state index contributed by atoms with van der Waals surface area (Å²) in [5.41, 5.74) is 3.28. The molecule has 0 N–H and O–H groups in total. The molecule has 0 saturated carbocycles. The first-order valence-electron chi connectivity index (χ1n) is 7.42. The van der Waals surface area contributed by atoms with Crippen LogP contribution in [0, 0.1) is 0 Å². The quantitative estimate of drug-likeness (QED) is 0.866. The summed E-state index contributed by atoms with van der Waals surface area (Å²) < 4.78 is 42.5. The minimum atomic E-state index is -4.66. The Balaban J connectivity index is 1.70. The second-order valence-corrected chi connectivity index (χ2v) is 5.76. The van der Waals surface area contributed by atoms with Gasteiger partial charge in [0.2, 0.25) is 0 Å². The van der Waals surface area contributed by atoms with Gasteiger partial charge in [-0.15, -0.1) is 13.2 Å². The lowest BCUT2D eigenvalue weighted by Crippen LogP contribution is -2.33. The summed E-state index contributed by atoms with van der Waals surface area (Å²) in [6, 6.07) is 6.18. The molecule has 1 aliphatic heterocycles. The highest BCUT2D eigenvalue weighted by Gasteiger charge is 2.31. The average molecular weight is 325 g/mol. The van der Waals surface area contributed by atoms with Crippen molar-refractivity contribution >= 4 is 0 Å². The van der Waals surface area contributed by atoms with Gasteiger partial charge in [0.05, 0.1) is 12.0 Å². The zero-order valence-corrected chi connectivity index (χ0v) is 13.0. The van der Waals surface area contributed by atoms with E-state index in [9.17, 15) is 13.2 Å². The minimum absolute atomic E-state index is 0.102. The first-order chi connectivity index (χ1) is 10.8. The van der Waals surface area contributed by atoms with E-state index in [0.29, 0.717) is 0 Å². The summed E-state index contributed by atoms with van der Waals surface area (Å²) in [4.78, 5) is 6.69. The van der Waals surface area contributed by atoms with Gasteiger partial charge in [0.1, 0.15) is 5.75 Å². The molecule has 23 heavy (non-hydrogen) atoms. The highest BCUT2D eigenvalue weighted by atomic mass is 19.4. The van der Waals surface area contributed by atoms with Gasteiger partial charge in [0.25, 0.3) is 0 Å². The number of alkyl halides is 3. The number of hydrogen-bond acceptors (Lipinski definition) is 3. The number of nitrogens with zero attached hydrogens (tertiary/aromatic N) is 3. The summed E-state index contributed by atoms with van der Waals surface area (Å²) >= 11 is 0. The Morgan fingerprint density at radius 3 is 2.57 bits per heavy atom. The fourth-order valence-electron chi connectivity index (χ4n) is 2.97. The topological polar surface area (TPSA) is 30.3 Å². The van der Waals surface area contributed by atoms with Crippen LogP contribution in [0.5, 0.6) is 5.75 Å². The van der Waals surface area contributed by atoms with Gasteiger partial charge in [-0.2, -0.15) is 0 Å². The van der Waals surface area contributed by atoms with Crippen LogP contribution >= 0.6 is 0 Å².